The number of nitrogens with two attached hydrogens (primary N) is 1. The maximum atomic E-state index is 14.4. The van der Waals surface area contributed by atoms with Gasteiger partial charge in [0, 0.05) is 41.2 Å². The monoisotopic (exact) mass is 462 g/mol. The Balaban J connectivity index is 1.79. The van der Waals surface area contributed by atoms with E-state index in [1.165, 1.54) is 0 Å². The molecule has 2 N–H and O–H groups in total. The highest BCUT2D eigenvalue weighted by Crippen LogP contribution is 2.44. The fraction of sp³-hybridized carbons (Fsp3) is 0.207. The van der Waals surface area contributed by atoms with Gasteiger partial charge in [-0.2, -0.15) is 5.10 Å². The summed E-state index contributed by atoms with van der Waals surface area (Å²) in [4.78, 5) is 19.3. The van der Waals surface area contributed by atoms with Crippen molar-refractivity contribution in [2.45, 2.75) is 31.7 Å². The van der Waals surface area contributed by atoms with Crippen molar-refractivity contribution in [3.05, 3.63) is 94.5 Å². The van der Waals surface area contributed by atoms with Crippen molar-refractivity contribution in [2.24, 2.45) is 12.8 Å². The first kappa shape index (κ1) is 21.5. The minimum Gasteiger partial charge on any atom is -0.453 e. The first-order chi connectivity index (χ1) is 17.0. The van der Waals surface area contributed by atoms with Crippen LogP contribution in [0.1, 0.15) is 30.5 Å². The standard InChI is InChI=1S/C29H26N4O2/c1-18-21(16-32-33(18)2)25-28-24(22(17-31-25)29(30)14-9-15-29)26(34)23(19-10-5-3-6-11-19)27(35-28)20-12-7-4-8-13-20/h3-8,10-13,16-17H,9,14-15,30H2,1-2H3. The summed E-state index contributed by atoms with van der Waals surface area (Å²) in [5, 5.41) is 4.91. The van der Waals surface area contributed by atoms with Crippen molar-refractivity contribution in [1.29, 1.82) is 0 Å². The molecular formula is C29H26N4O2. The van der Waals surface area contributed by atoms with Gasteiger partial charge in [-0.25, -0.2) is 0 Å². The Morgan fingerprint density at radius 2 is 1.63 bits per heavy atom. The lowest BCUT2D eigenvalue weighted by Gasteiger charge is -2.39. The molecule has 1 aliphatic carbocycles. The molecule has 0 atom stereocenters. The fourth-order valence-corrected chi connectivity index (χ4v) is 4.99. The molecule has 3 heterocycles. The molecule has 6 nitrogen and oxygen atoms in total. The molecule has 3 aromatic heterocycles. The van der Waals surface area contributed by atoms with Gasteiger partial charge in [-0.3, -0.25) is 14.5 Å². The summed E-state index contributed by atoms with van der Waals surface area (Å²) in [5.74, 6) is 0.524. The number of aromatic nitrogens is 3. The lowest BCUT2D eigenvalue weighted by atomic mass is 9.72. The van der Waals surface area contributed by atoms with E-state index in [0.29, 0.717) is 28.0 Å². The van der Waals surface area contributed by atoms with Crippen LogP contribution < -0.4 is 11.2 Å². The third-order valence-corrected chi connectivity index (χ3v) is 7.29. The topological polar surface area (TPSA) is 86.9 Å². The van der Waals surface area contributed by atoms with Gasteiger partial charge in [0.1, 0.15) is 11.5 Å². The molecule has 6 rings (SSSR count). The van der Waals surface area contributed by atoms with E-state index in [1.807, 2.05) is 74.6 Å². The lowest BCUT2D eigenvalue weighted by Crippen LogP contribution is -2.44. The smallest absolute Gasteiger partial charge is 0.201 e. The number of benzene rings is 2. The van der Waals surface area contributed by atoms with Crippen molar-refractivity contribution in [3.63, 3.8) is 0 Å². The molecule has 1 saturated carbocycles. The van der Waals surface area contributed by atoms with Crippen LogP contribution >= 0.6 is 0 Å². The molecule has 1 aliphatic rings. The number of rotatable bonds is 4. The van der Waals surface area contributed by atoms with Crippen molar-refractivity contribution in [1.82, 2.24) is 14.8 Å². The second-order valence-electron chi connectivity index (χ2n) is 9.37. The molecule has 1 fully saturated rings. The molecule has 35 heavy (non-hydrogen) atoms. The average molecular weight is 463 g/mol. The first-order valence-corrected chi connectivity index (χ1v) is 11.9. The zero-order valence-corrected chi connectivity index (χ0v) is 19.8. The summed E-state index contributed by atoms with van der Waals surface area (Å²) in [6.07, 6.45) is 6.20. The summed E-state index contributed by atoms with van der Waals surface area (Å²) in [6, 6.07) is 19.4. The van der Waals surface area contributed by atoms with Gasteiger partial charge in [-0.15, -0.1) is 0 Å². The van der Waals surface area contributed by atoms with E-state index in [4.69, 9.17) is 15.1 Å². The molecular weight excluding hydrogens is 436 g/mol. The molecule has 0 bridgehead atoms. The van der Waals surface area contributed by atoms with Crippen molar-refractivity contribution in [2.75, 3.05) is 0 Å². The van der Waals surface area contributed by atoms with E-state index in [-0.39, 0.29) is 5.43 Å². The van der Waals surface area contributed by atoms with Gasteiger partial charge in [-0.05, 0) is 31.7 Å². The van der Waals surface area contributed by atoms with Gasteiger partial charge in [0.2, 0.25) is 5.43 Å². The normalized spacial score (nSPS) is 14.7. The maximum absolute atomic E-state index is 14.4. The molecule has 2 aromatic carbocycles. The summed E-state index contributed by atoms with van der Waals surface area (Å²) >= 11 is 0. The SMILES string of the molecule is Cc1c(-c2ncc(C3(N)CCC3)c3c(=O)c(-c4ccccc4)c(-c4ccccc4)oc23)cnn1C. The predicted molar refractivity (Wildman–Crippen MR) is 138 cm³/mol. The van der Waals surface area contributed by atoms with Crippen LogP contribution in [0.5, 0.6) is 0 Å². The molecule has 0 unspecified atom stereocenters. The lowest BCUT2D eigenvalue weighted by molar-refractivity contribution is 0.255. The number of pyridine rings is 1. The van der Waals surface area contributed by atoms with Gasteiger partial charge >= 0.3 is 0 Å². The van der Waals surface area contributed by atoms with E-state index in [9.17, 15) is 4.79 Å². The molecule has 0 saturated heterocycles. The fourth-order valence-electron chi connectivity index (χ4n) is 4.99. The highest BCUT2D eigenvalue weighted by molar-refractivity contribution is 5.97. The molecule has 5 aromatic rings. The number of hydrogen-bond donors (Lipinski definition) is 1. The van der Waals surface area contributed by atoms with Crippen molar-refractivity contribution in [3.8, 4) is 33.7 Å². The van der Waals surface area contributed by atoms with Gasteiger partial charge in [0.05, 0.1) is 17.1 Å². The van der Waals surface area contributed by atoms with Crippen LogP contribution in [0.4, 0.5) is 0 Å². The van der Waals surface area contributed by atoms with Gasteiger partial charge < -0.3 is 10.2 Å². The summed E-state index contributed by atoms with van der Waals surface area (Å²) in [5.41, 5.74) is 11.9. The number of fused-ring (bicyclic) bond motifs is 1. The second-order valence-corrected chi connectivity index (χ2v) is 9.37. The van der Waals surface area contributed by atoms with E-state index in [2.05, 4.69) is 5.10 Å². The predicted octanol–water partition coefficient (Wildman–Crippen LogP) is 5.57. The second kappa shape index (κ2) is 8.03. The minimum absolute atomic E-state index is 0.0896. The number of hydrogen-bond acceptors (Lipinski definition) is 5. The van der Waals surface area contributed by atoms with Crippen LogP contribution in [0.15, 0.2) is 82.3 Å². The van der Waals surface area contributed by atoms with E-state index < -0.39 is 5.54 Å². The summed E-state index contributed by atoms with van der Waals surface area (Å²) < 4.78 is 8.51. The number of aryl methyl sites for hydroxylation is 1. The Hall–Kier alpha value is -4.03. The summed E-state index contributed by atoms with van der Waals surface area (Å²) in [6.45, 7) is 1.98. The largest absolute Gasteiger partial charge is 0.453 e. The Morgan fingerprint density at radius 1 is 0.971 bits per heavy atom. The highest BCUT2D eigenvalue weighted by Gasteiger charge is 2.38. The molecule has 0 spiro atoms. The Labute approximate surface area is 203 Å². The quantitative estimate of drug-likeness (QED) is 0.377. The Morgan fingerprint density at radius 3 is 2.20 bits per heavy atom. The third-order valence-electron chi connectivity index (χ3n) is 7.29. The van der Waals surface area contributed by atoms with Crippen LogP contribution in [-0.2, 0) is 12.6 Å². The minimum atomic E-state index is -0.579. The van der Waals surface area contributed by atoms with Crippen molar-refractivity contribution >= 4 is 11.0 Å². The van der Waals surface area contributed by atoms with E-state index in [1.54, 1.807) is 17.1 Å². The van der Waals surface area contributed by atoms with Crippen LogP contribution in [0, 0.1) is 6.92 Å². The molecule has 0 amide bonds. The zero-order valence-electron chi connectivity index (χ0n) is 19.8. The molecule has 0 radical (unpaired) electrons. The van der Waals surface area contributed by atoms with Crippen LogP contribution in [0.25, 0.3) is 44.7 Å². The highest BCUT2D eigenvalue weighted by atomic mass is 16.3. The Bertz CT molecular complexity index is 1610. The maximum Gasteiger partial charge on any atom is 0.201 e. The van der Waals surface area contributed by atoms with E-state index >= 15 is 0 Å². The van der Waals surface area contributed by atoms with Gasteiger partial charge in [0.15, 0.2) is 5.58 Å². The van der Waals surface area contributed by atoms with Crippen LogP contribution in [0.2, 0.25) is 0 Å². The molecule has 174 valence electrons. The van der Waals surface area contributed by atoms with Crippen LogP contribution in [0.3, 0.4) is 0 Å². The Kier molecular flexibility index (Phi) is 4.93. The van der Waals surface area contributed by atoms with Gasteiger partial charge in [0.25, 0.3) is 0 Å². The third kappa shape index (κ3) is 3.33. The van der Waals surface area contributed by atoms with Crippen LogP contribution in [-0.4, -0.2) is 14.8 Å². The molecule has 0 aliphatic heterocycles. The van der Waals surface area contributed by atoms with E-state index in [0.717, 1.165) is 47.2 Å². The van der Waals surface area contributed by atoms with Crippen molar-refractivity contribution < 1.29 is 4.42 Å². The average Bonchev–Trinajstić information content (AvgIpc) is 3.20. The van der Waals surface area contributed by atoms with Gasteiger partial charge in [-0.1, -0.05) is 60.7 Å². The number of nitrogens with zero attached hydrogens (tertiary/aromatic N) is 3. The zero-order chi connectivity index (χ0) is 24.2. The first-order valence-electron chi connectivity index (χ1n) is 11.9. The summed E-state index contributed by atoms with van der Waals surface area (Å²) in [7, 11) is 1.89. The molecule has 6 heteroatoms.